The van der Waals surface area contributed by atoms with Crippen molar-refractivity contribution in [3.63, 3.8) is 0 Å². The monoisotopic (exact) mass is 394 g/mol. The highest BCUT2D eigenvalue weighted by Crippen LogP contribution is 2.45. The Labute approximate surface area is 170 Å². The van der Waals surface area contributed by atoms with Crippen LogP contribution < -0.4 is 4.74 Å². The van der Waals surface area contributed by atoms with Crippen molar-refractivity contribution < 1.29 is 18.6 Å². The van der Waals surface area contributed by atoms with Crippen LogP contribution in [0.25, 0.3) is 11.5 Å². The second-order valence-electron chi connectivity index (χ2n) is 8.32. The molecule has 2 heterocycles. The maximum atomic E-state index is 6.11. The van der Waals surface area contributed by atoms with Gasteiger partial charge in [-0.25, -0.2) is 0 Å². The van der Waals surface area contributed by atoms with E-state index < -0.39 is 6.29 Å². The molecule has 4 rings (SSSR count). The predicted molar refractivity (Wildman–Crippen MR) is 108 cm³/mol. The fraction of sp³-hybridized carbons (Fsp3) is 0.391. The summed E-state index contributed by atoms with van der Waals surface area (Å²) in [5.74, 6) is 1.59. The van der Waals surface area contributed by atoms with Crippen molar-refractivity contribution in [3.05, 3.63) is 65.5 Å². The lowest BCUT2D eigenvalue weighted by Gasteiger charge is -2.30. The number of rotatable bonds is 5. The van der Waals surface area contributed by atoms with E-state index in [1.165, 1.54) is 5.56 Å². The van der Waals surface area contributed by atoms with E-state index in [0.717, 1.165) is 11.1 Å². The van der Waals surface area contributed by atoms with Gasteiger partial charge in [0.1, 0.15) is 5.75 Å². The molecule has 1 aromatic heterocycles. The minimum atomic E-state index is -0.430. The second-order valence-corrected chi connectivity index (χ2v) is 8.32. The molecule has 0 radical (unpaired) electrons. The highest BCUT2D eigenvalue weighted by molar-refractivity contribution is 5.52. The fourth-order valence-electron chi connectivity index (χ4n) is 3.00. The zero-order valence-corrected chi connectivity index (χ0v) is 17.4. The molecule has 1 fully saturated rings. The minimum absolute atomic E-state index is 0.186. The lowest BCUT2D eigenvalue weighted by atomic mass is 9.90. The molecular formula is C23H26N2O4. The smallest absolute Gasteiger partial charge is 0.254 e. The quantitative estimate of drug-likeness (QED) is 0.590. The zero-order chi connectivity index (χ0) is 20.6. The fourth-order valence-corrected chi connectivity index (χ4v) is 3.00. The Balaban J connectivity index is 1.43. The predicted octanol–water partition coefficient (Wildman–Crippen LogP) is 5.23. The van der Waals surface area contributed by atoms with Gasteiger partial charge in [-0.3, -0.25) is 0 Å². The third-order valence-electron chi connectivity index (χ3n) is 5.51. The van der Waals surface area contributed by atoms with E-state index >= 15 is 0 Å². The lowest BCUT2D eigenvalue weighted by Crippen LogP contribution is -2.41. The third kappa shape index (κ3) is 4.04. The lowest BCUT2D eigenvalue weighted by molar-refractivity contribution is -0.0896. The van der Waals surface area contributed by atoms with Crippen LogP contribution in [0.5, 0.6) is 5.75 Å². The Morgan fingerprint density at radius 1 is 0.931 bits per heavy atom. The van der Waals surface area contributed by atoms with Crippen LogP contribution in [0.1, 0.15) is 51.0 Å². The molecule has 1 aliphatic heterocycles. The number of hydrogen-bond acceptors (Lipinski definition) is 6. The second kappa shape index (κ2) is 7.28. The molecule has 0 aliphatic carbocycles. The highest BCUT2D eigenvalue weighted by atomic mass is 16.7. The van der Waals surface area contributed by atoms with Crippen LogP contribution >= 0.6 is 0 Å². The molecule has 29 heavy (non-hydrogen) atoms. The highest BCUT2D eigenvalue weighted by Gasteiger charge is 2.49. The van der Waals surface area contributed by atoms with Crippen LogP contribution in [0.15, 0.2) is 52.9 Å². The van der Waals surface area contributed by atoms with E-state index in [0.29, 0.717) is 17.5 Å². The molecule has 3 aromatic rings. The van der Waals surface area contributed by atoms with E-state index in [9.17, 15) is 0 Å². The van der Waals surface area contributed by atoms with Crippen LogP contribution in [0.2, 0.25) is 0 Å². The number of nitrogens with zero attached hydrogens (tertiary/aromatic N) is 2. The Bertz CT molecular complexity index is 976. The van der Waals surface area contributed by atoms with Crippen molar-refractivity contribution in [2.45, 2.75) is 58.7 Å². The largest absolute Gasteiger partial charge is 0.484 e. The van der Waals surface area contributed by atoms with Crippen molar-refractivity contribution in [2.24, 2.45) is 0 Å². The summed E-state index contributed by atoms with van der Waals surface area (Å²) >= 11 is 0. The number of aryl methyl sites for hydroxylation is 1. The molecule has 0 atom stereocenters. The van der Waals surface area contributed by atoms with Crippen molar-refractivity contribution >= 4 is 0 Å². The van der Waals surface area contributed by atoms with Crippen LogP contribution in [0.3, 0.4) is 0 Å². The summed E-state index contributed by atoms with van der Waals surface area (Å²) in [6.07, 6.45) is -0.430. The molecule has 0 bridgehead atoms. The first kappa shape index (κ1) is 19.6. The van der Waals surface area contributed by atoms with Gasteiger partial charge in [-0.2, -0.15) is 0 Å². The van der Waals surface area contributed by atoms with Crippen molar-refractivity contribution in [1.82, 2.24) is 10.2 Å². The van der Waals surface area contributed by atoms with Crippen LogP contribution in [0.4, 0.5) is 0 Å². The molecule has 0 saturated carbocycles. The van der Waals surface area contributed by atoms with Crippen molar-refractivity contribution in [3.8, 4) is 17.2 Å². The van der Waals surface area contributed by atoms with Gasteiger partial charge in [0.25, 0.3) is 5.89 Å². The van der Waals surface area contributed by atoms with E-state index in [-0.39, 0.29) is 17.8 Å². The topological polar surface area (TPSA) is 66.6 Å². The molecule has 1 saturated heterocycles. The van der Waals surface area contributed by atoms with E-state index in [2.05, 4.69) is 10.2 Å². The van der Waals surface area contributed by atoms with Crippen LogP contribution in [-0.2, 0) is 16.1 Å². The van der Waals surface area contributed by atoms with Gasteiger partial charge in [0.15, 0.2) is 12.9 Å². The molecular weight excluding hydrogens is 368 g/mol. The summed E-state index contributed by atoms with van der Waals surface area (Å²) in [5, 5.41) is 8.18. The SMILES string of the molecule is Cc1ccc(-c2nnc(COc3cccc(C4OC(C)(C)C(C)(C)O4)c3)o2)cc1. The Morgan fingerprint density at radius 2 is 1.62 bits per heavy atom. The third-order valence-corrected chi connectivity index (χ3v) is 5.51. The molecule has 152 valence electrons. The number of ether oxygens (including phenoxy) is 3. The summed E-state index contributed by atoms with van der Waals surface area (Å²) in [5.41, 5.74) is 2.21. The molecule has 6 nitrogen and oxygen atoms in total. The number of aromatic nitrogens is 2. The average molecular weight is 394 g/mol. The van der Waals surface area contributed by atoms with E-state index in [4.69, 9.17) is 18.6 Å². The molecule has 0 spiro atoms. The van der Waals surface area contributed by atoms with Gasteiger partial charge in [0, 0.05) is 11.1 Å². The maximum absolute atomic E-state index is 6.11. The normalized spacial score (nSPS) is 18.1. The summed E-state index contributed by atoms with van der Waals surface area (Å²) in [6.45, 7) is 10.4. The van der Waals surface area contributed by atoms with Gasteiger partial charge in [-0.1, -0.05) is 29.8 Å². The maximum Gasteiger partial charge on any atom is 0.254 e. The van der Waals surface area contributed by atoms with Crippen molar-refractivity contribution in [2.75, 3.05) is 0 Å². The van der Waals surface area contributed by atoms with Crippen LogP contribution in [-0.4, -0.2) is 21.4 Å². The average Bonchev–Trinajstić information content (AvgIpc) is 3.23. The molecule has 6 heteroatoms. The van der Waals surface area contributed by atoms with Gasteiger partial charge < -0.3 is 18.6 Å². The first-order chi connectivity index (χ1) is 13.7. The standard InChI is InChI=1S/C23H26N2O4/c1-15-9-11-16(12-10-15)20-25-24-19(27-20)14-26-18-8-6-7-17(13-18)21-28-22(2,3)23(4,5)29-21/h6-13,21H,14H2,1-5H3. The Hall–Kier alpha value is -2.70. The molecule has 0 N–H and O–H groups in total. The van der Waals surface area contributed by atoms with Gasteiger partial charge in [-0.05, 0) is 58.9 Å². The van der Waals surface area contributed by atoms with E-state index in [1.807, 2.05) is 83.1 Å². The minimum Gasteiger partial charge on any atom is -0.484 e. The number of hydrogen-bond donors (Lipinski definition) is 0. The molecule has 0 unspecified atom stereocenters. The first-order valence-electron chi connectivity index (χ1n) is 9.71. The zero-order valence-electron chi connectivity index (χ0n) is 17.4. The number of benzene rings is 2. The Kier molecular flexibility index (Phi) is 4.92. The molecule has 0 amide bonds. The summed E-state index contributed by atoms with van der Waals surface area (Å²) in [6, 6.07) is 15.6. The summed E-state index contributed by atoms with van der Waals surface area (Å²) in [7, 11) is 0. The summed E-state index contributed by atoms with van der Waals surface area (Å²) < 4.78 is 23.8. The molecule has 1 aliphatic rings. The van der Waals surface area contributed by atoms with Gasteiger partial charge in [-0.15, -0.1) is 10.2 Å². The van der Waals surface area contributed by atoms with Gasteiger partial charge in [0.2, 0.25) is 5.89 Å². The van der Waals surface area contributed by atoms with Gasteiger partial charge in [0.05, 0.1) is 11.2 Å². The van der Waals surface area contributed by atoms with Crippen molar-refractivity contribution in [1.29, 1.82) is 0 Å². The van der Waals surface area contributed by atoms with Gasteiger partial charge >= 0.3 is 0 Å². The Morgan fingerprint density at radius 3 is 2.31 bits per heavy atom. The van der Waals surface area contributed by atoms with E-state index in [1.54, 1.807) is 0 Å². The van der Waals surface area contributed by atoms with Crippen LogP contribution in [0, 0.1) is 6.92 Å². The summed E-state index contributed by atoms with van der Waals surface area (Å²) in [4.78, 5) is 0. The first-order valence-corrected chi connectivity index (χ1v) is 9.71. The molecule has 2 aromatic carbocycles.